The van der Waals surface area contributed by atoms with E-state index >= 15 is 0 Å². The lowest BCUT2D eigenvalue weighted by molar-refractivity contribution is -0.138. The summed E-state index contributed by atoms with van der Waals surface area (Å²) >= 11 is 0. The fourth-order valence-corrected chi connectivity index (χ4v) is 4.45. The summed E-state index contributed by atoms with van der Waals surface area (Å²) in [6, 6.07) is 0.278. The Labute approximate surface area is 157 Å². The van der Waals surface area contributed by atoms with Gasteiger partial charge in [0.05, 0.1) is 22.7 Å². The second-order valence-electron chi connectivity index (χ2n) is 6.34. The molecule has 1 aliphatic carbocycles. The van der Waals surface area contributed by atoms with Crippen molar-refractivity contribution in [2.24, 2.45) is 0 Å². The van der Waals surface area contributed by atoms with E-state index in [0.717, 1.165) is 0 Å². The highest BCUT2D eigenvalue weighted by molar-refractivity contribution is 7.89. The van der Waals surface area contributed by atoms with Crippen LogP contribution in [0, 0.1) is 5.82 Å². The molecule has 2 N–H and O–H groups in total. The highest BCUT2D eigenvalue weighted by Gasteiger charge is 2.34. The summed E-state index contributed by atoms with van der Waals surface area (Å²) in [5, 5.41) is 12.8. The number of carbonyl (C=O) groups is 1. The van der Waals surface area contributed by atoms with Gasteiger partial charge in [0.15, 0.2) is 0 Å². The minimum atomic E-state index is -4.90. The Hall–Kier alpha value is -2.47. The number of nitrogens with zero attached hydrogens (tertiary/aromatic N) is 2. The maximum Gasteiger partial charge on any atom is 0.416 e. The predicted octanol–water partition coefficient (Wildman–Crippen LogP) is 2.48. The van der Waals surface area contributed by atoms with E-state index in [1.54, 1.807) is 0 Å². The molecule has 0 bridgehead atoms. The number of aromatic nitrogens is 2. The van der Waals surface area contributed by atoms with Gasteiger partial charge in [-0.1, -0.05) is 0 Å². The molecule has 0 fully saturated rings. The first-order chi connectivity index (χ1) is 13.0. The average Bonchev–Trinajstić information content (AvgIpc) is 2.97. The van der Waals surface area contributed by atoms with Crippen molar-refractivity contribution in [2.45, 2.75) is 42.9 Å². The van der Waals surface area contributed by atoms with Crippen molar-refractivity contribution in [3.8, 4) is 0 Å². The smallest absolute Gasteiger partial charge is 0.416 e. The Bertz CT molecular complexity index is 1020. The molecule has 0 aliphatic heterocycles. The van der Waals surface area contributed by atoms with Crippen LogP contribution in [-0.4, -0.2) is 29.3 Å². The molecule has 0 saturated heterocycles. The molecule has 1 atom stereocenters. The normalized spacial score (nSPS) is 17.4. The number of hydrogen-bond donors (Lipinski definition) is 2. The summed E-state index contributed by atoms with van der Waals surface area (Å²) in [6.45, 7) is -0.395. The molecule has 2 aromatic rings. The lowest BCUT2D eigenvalue weighted by Crippen LogP contribution is -2.31. The van der Waals surface area contributed by atoms with E-state index < -0.39 is 51.0 Å². The fraction of sp³-hybridized carbons (Fsp3) is 0.375. The molecule has 0 radical (unpaired) electrons. The molecular formula is C16H15F4N3O4S. The minimum absolute atomic E-state index is 0.216. The lowest BCUT2D eigenvalue weighted by atomic mass is 9.94. The number of sulfonamides is 1. The zero-order valence-corrected chi connectivity index (χ0v) is 15.0. The average molecular weight is 421 g/mol. The molecule has 7 nitrogen and oxygen atoms in total. The van der Waals surface area contributed by atoms with E-state index in [4.69, 9.17) is 5.11 Å². The number of rotatable bonds is 5. The number of carboxylic acid groups (broad SMARTS) is 1. The Morgan fingerprint density at radius 3 is 2.68 bits per heavy atom. The number of alkyl halides is 3. The van der Waals surface area contributed by atoms with Crippen molar-refractivity contribution >= 4 is 16.0 Å². The molecule has 1 unspecified atom stereocenters. The molecule has 1 aromatic carbocycles. The van der Waals surface area contributed by atoms with E-state index in [0.29, 0.717) is 42.7 Å². The second-order valence-corrected chi connectivity index (χ2v) is 8.05. The molecule has 12 heteroatoms. The van der Waals surface area contributed by atoms with Gasteiger partial charge in [0, 0.05) is 11.3 Å². The first kappa shape index (κ1) is 20.3. The molecule has 0 amide bonds. The highest BCUT2D eigenvalue weighted by atomic mass is 32.2. The number of halogens is 4. The Kier molecular flexibility index (Phi) is 5.19. The van der Waals surface area contributed by atoms with Gasteiger partial charge in [0.2, 0.25) is 10.0 Å². The molecule has 1 heterocycles. The summed E-state index contributed by atoms with van der Waals surface area (Å²) in [6.07, 6.45) is -2.23. The van der Waals surface area contributed by atoms with Crippen LogP contribution in [0.1, 0.15) is 35.7 Å². The first-order valence-electron chi connectivity index (χ1n) is 8.14. The molecule has 28 heavy (non-hydrogen) atoms. The maximum absolute atomic E-state index is 13.6. The third kappa shape index (κ3) is 4.17. The summed E-state index contributed by atoms with van der Waals surface area (Å²) < 4.78 is 80.8. The second kappa shape index (κ2) is 7.17. The quantitative estimate of drug-likeness (QED) is 0.723. The number of carboxylic acids is 1. The van der Waals surface area contributed by atoms with Crippen molar-refractivity contribution in [1.29, 1.82) is 0 Å². The summed E-state index contributed by atoms with van der Waals surface area (Å²) in [7, 11) is -4.47. The number of benzene rings is 1. The Balaban J connectivity index is 1.92. The highest BCUT2D eigenvalue weighted by Crippen LogP contribution is 2.33. The van der Waals surface area contributed by atoms with Crippen molar-refractivity contribution < 1.29 is 35.9 Å². The van der Waals surface area contributed by atoms with Crippen LogP contribution >= 0.6 is 0 Å². The van der Waals surface area contributed by atoms with Crippen LogP contribution in [0.4, 0.5) is 17.6 Å². The van der Waals surface area contributed by atoms with Gasteiger partial charge in [-0.25, -0.2) is 17.5 Å². The largest absolute Gasteiger partial charge is 0.480 e. The van der Waals surface area contributed by atoms with Crippen LogP contribution in [0.2, 0.25) is 0 Å². The summed E-state index contributed by atoms with van der Waals surface area (Å²) in [4.78, 5) is 10.1. The third-order valence-corrected chi connectivity index (χ3v) is 5.81. The van der Waals surface area contributed by atoms with Crippen molar-refractivity contribution in [2.75, 3.05) is 0 Å². The van der Waals surface area contributed by atoms with Gasteiger partial charge < -0.3 is 5.11 Å². The van der Waals surface area contributed by atoms with E-state index in [1.165, 1.54) is 10.9 Å². The number of fused-ring (bicyclic) bond motifs is 1. The molecule has 1 aromatic heterocycles. The van der Waals surface area contributed by atoms with E-state index in [-0.39, 0.29) is 6.07 Å². The standard InChI is InChI=1S/C16H15F4N3O4S/c17-10-4-9(16(18,19)20)5-11(6-10)28(26,27)22-13-2-1-3-14-12(13)7-21-23(14)8-15(24)25/h4-7,13,22H,1-3,8H2,(H,24,25). The Morgan fingerprint density at radius 2 is 2.04 bits per heavy atom. The number of aliphatic carboxylic acids is 1. The van der Waals surface area contributed by atoms with Crippen LogP contribution in [0.5, 0.6) is 0 Å². The number of nitrogens with one attached hydrogen (secondary N) is 1. The van der Waals surface area contributed by atoms with E-state index in [2.05, 4.69) is 9.82 Å². The van der Waals surface area contributed by atoms with E-state index in [9.17, 15) is 30.8 Å². The molecule has 1 aliphatic rings. The third-order valence-electron chi connectivity index (χ3n) is 4.35. The van der Waals surface area contributed by atoms with Crippen molar-refractivity contribution in [3.63, 3.8) is 0 Å². The van der Waals surface area contributed by atoms with Crippen LogP contribution < -0.4 is 4.72 Å². The van der Waals surface area contributed by atoms with Gasteiger partial charge in [-0.15, -0.1) is 0 Å². The van der Waals surface area contributed by atoms with Gasteiger partial charge in [0.25, 0.3) is 0 Å². The van der Waals surface area contributed by atoms with Gasteiger partial charge in [0.1, 0.15) is 12.4 Å². The van der Waals surface area contributed by atoms with Crippen molar-refractivity contribution in [1.82, 2.24) is 14.5 Å². The molecule has 3 rings (SSSR count). The maximum atomic E-state index is 13.6. The summed E-state index contributed by atoms with van der Waals surface area (Å²) in [5.74, 6) is -2.44. The van der Waals surface area contributed by atoms with Gasteiger partial charge in [-0.3, -0.25) is 9.48 Å². The van der Waals surface area contributed by atoms with Gasteiger partial charge in [-0.2, -0.15) is 18.3 Å². The topological polar surface area (TPSA) is 101 Å². The van der Waals surface area contributed by atoms with Crippen LogP contribution in [-0.2, 0) is 34.0 Å². The lowest BCUT2D eigenvalue weighted by Gasteiger charge is -2.24. The number of hydrogen-bond acceptors (Lipinski definition) is 4. The van der Waals surface area contributed by atoms with Gasteiger partial charge >= 0.3 is 12.1 Å². The zero-order valence-electron chi connectivity index (χ0n) is 14.2. The minimum Gasteiger partial charge on any atom is -0.480 e. The molecule has 0 spiro atoms. The van der Waals surface area contributed by atoms with Crippen molar-refractivity contribution in [3.05, 3.63) is 47.0 Å². The zero-order chi connectivity index (χ0) is 20.7. The van der Waals surface area contributed by atoms with Gasteiger partial charge in [-0.05, 0) is 37.5 Å². The Morgan fingerprint density at radius 1 is 1.32 bits per heavy atom. The molecule has 152 valence electrons. The van der Waals surface area contributed by atoms with Crippen LogP contribution in [0.15, 0.2) is 29.3 Å². The SMILES string of the molecule is O=C(O)Cn1ncc2c1CCCC2NS(=O)(=O)c1cc(F)cc(C(F)(F)F)c1. The monoisotopic (exact) mass is 421 g/mol. The van der Waals surface area contributed by atoms with Crippen LogP contribution in [0.3, 0.4) is 0 Å². The predicted molar refractivity (Wildman–Crippen MR) is 87.3 cm³/mol. The fourth-order valence-electron chi connectivity index (χ4n) is 3.14. The van der Waals surface area contributed by atoms with Crippen LogP contribution in [0.25, 0.3) is 0 Å². The first-order valence-corrected chi connectivity index (χ1v) is 9.62. The van der Waals surface area contributed by atoms with E-state index in [1.807, 2.05) is 0 Å². The molecule has 0 saturated carbocycles. The summed E-state index contributed by atoms with van der Waals surface area (Å²) in [5.41, 5.74) is -0.424. The molecular weight excluding hydrogens is 406 g/mol.